The van der Waals surface area contributed by atoms with E-state index < -0.39 is 0 Å². The van der Waals surface area contributed by atoms with Crippen molar-refractivity contribution in [3.05, 3.63) is 59.0 Å². The number of anilines is 4. The van der Waals surface area contributed by atoms with Crippen molar-refractivity contribution >= 4 is 39.4 Å². The highest BCUT2D eigenvalue weighted by Gasteiger charge is 2.21. The van der Waals surface area contributed by atoms with Crippen molar-refractivity contribution in [2.24, 2.45) is 0 Å². The first kappa shape index (κ1) is 22.1. The molecule has 2 aromatic carbocycles. The number of nitrogen functional groups attached to an aromatic ring is 1. The minimum Gasteiger partial charge on any atom is -0.497 e. The number of hydrogen-bond donors (Lipinski definition) is 2. The number of rotatable bonds is 7. The predicted octanol–water partition coefficient (Wildman–Crippen LogP) is 4.24. The Labute approximate surface area is 192 Å². The summed E-state index contributed by atoms with van der Waals surface area (Å²) in [6.45, 7) is 2.13. The Balaban J connectivity index is 1.42. The van der Waals surface area contributed by atoms with Crippen LogP contribution < -0.4 is 20.7 Å². The summed E-state index contributed by atoms with van der Waals surface area (Å²) in [7, 11) is 5.88. The number of methoxy groups -OCH3 is 1. The van der Waals surface area contributed by atoms with Gasteiger partial charge in [0.1, 0.15) is 16.4 Å². The Kier molecular flexibility index (Phi) is 6.62. The van der Waals surface area contributed by atoms with Gasteiger partial charge in [0.2, 0.25) is 5.78 Å². The number of piperidine rings is 1. The summed E-state index contributed by atoms with van der Waals surface area (Å²) >= 11 is 1.25. The van der Waals surface area contributed by atoms with Gasteiger partial charge in [-0.3, -0.25) is 4.79 Å². The van der Waals surface area contributed by atoms with Crippen LogP contribution in [0.5, 0.6) is 5.75 Å². The molecule has 0 atom stereocenters. The maximum atomic E-state index is 12.9. The van der Waals surface area contributed by atoms with Crippen LogP contribution in [0.25, 0.3) is 0 Å². The number of aromatic nitrogens is 1. The summed E-state index contributed by atoms with van der Waals surface area (Å²) in [5, 5.41) is 3.86. The normalized spacial score (nSPS) is 14.6. The number of ketones is 1. The van der Waals surface area contributed by atoms with E-state index in [4.69, 9.17) is 10.5 Å². The summed E-state index contributed by atoms with van der Waals surface area (Å²) in [6.07, 6.45) is 2.35. The Morgan fingerprint density at radius 2 is 1.91 bits per heavy atom. The van der Waals surface area contributed by atoms with E-state index in [0.29, 0.717) is 27.4 Å². The lowest BCUT2D eigenvalue weighted by molar-refractivity contribution is 0.104. The van der Waals surface area contributed by atoms with Gasteiger partial charge >= 0.3 is 0 Å². The molecule has 0 radical (unpaired) electrons. The molecule has 4 rings (SSSR count). The molecule has 0 amide bonds. The lowest BCUT2D eigenvalue weighted by Gasteiger charge is -2.36. The second kappa shape index (κ2) is 9.58. The molecule has 0 spiro atoms. The molecule has 1 aliphatic rings. The zero-order chi connectivity index (χ0) is 22.7. The minimum atomic E-state index is -0.163. The maximum absolute atomic E-state index is 12.9. The van der Waals surface area contributed by atoms with Crippen molar-refractivity contribution in [3.8, 4) is 5.75 Å². The topological polar surface area (TPSA) is 83.7 Å². The van der Waals surface area contributed by atoms with Crippen molar-refractivity contribution in [3.63, 3.8) is 0 Å². The summed E-state index contributed by atoms with van der Waals surface area (Å²) in [6, 6.07) is 16.0. The molecule has 1 saturated heterocycles. The third kappa shape index (κ3) is 4.87. The number of thiazole rings is 1. The summed E-state index contributed by atoms with van der Waals surface area (Å²) in [5.74, 6) is 0.692. The SMILES string of the molecule is COc1cccc(C(=O)c2sc(Nc3ccc(N4CCC(N(C)C)CC4)cc3)nc2N)c1. The number of nitrogens with zero attached hydrogens (tertiary/aromatic N) is 3. The highest BCUT2D eigenvalue weighted by atomic mass is 32.1. The van der Waals surface area contributed by atoms with Crippen molar-refractivity contribution in [1.29, 1.82) is 0 Å². The third-order valence-electron chi connectivity index (χ3n) is 5.87. The van der Waals surface area contributed by atoms with Gasteiger partial charge in [0.05, 0.1) is 7.11 Å². The summed E-state index contributed by atoms with van der Waals surface area (Å²) in [5.41, 5.74) is 8.71. The van der Waals surface area contributed by atoms with Gasteiger partial charge in [-0.1, -0.05) is 23.5 Å². The van der Waals surface area contributed by atoms with E-state index in [9.17, 15) is 4.79 Å². The average Bonchev–Trinajstić information content (AvgIpc) is 3.19. The van der Waals surface area contributed by atoms with Crippen molar-refractivity contribution < 1.29 is 9.53 Å². The largest absolute Gasteiger partial charge is 0.497 e. The number of benzene rings is 2. The minimum absolute atomic E-state index is 0.163. The van der Waals surface area contributed by atoms with E-state index in [1.807, 2.05) is 12.1 Å². The second-order valence-electron chi connectivity index (χ2n) is 8.15. The van der Waals surface area contributed by atoms with Gasteiger partial charge in [0.25, 0.3) is 0 Å². The van der Waals surface area contributed by atoms with Crippen LogP contribution >= 0.6 is 11.3 Å². The van der Waals surface area contributed by atoms with Crippen molar-refractivity contribution in [2.45, 2.75) is 18.9 Å². The van der Waals surface area contributed by atoms with Crippen LogP contribution in [-0.4, -0.2) is 56.0 Å². The van der Waals surface area contributed by atoms with E-state index in [1.165, 1.54) is 29.9 Å². The molecule has 168 valence electrons. The standard InChI is InChI=1S/C24H29N5O2S/c1-28(2)18-11-13-29(14-12-18)19-9-7-17(8-10-19)26-24-27-23(25)22(32-24)21(30)16-5-4-6-20(15-16)31-3/h4-10,15,18H,11-14,25H2,1-3H3,(H,26,27). The number of nitrogens with one attached hydrogen (secondary N) is 1. The molecule has 32 heavy (non-hydrogen) atoms. The monoisotopic (exact) mass is 451 g/mol. The van der Waals surface area contributed by atoms with Gasteiger partial charge in [0, 0.05) is 36.1 Å². The van der Waals surface area contributed by atoms with E-state index >= 15 is 0 Å². The Bertz CT molecular complexity index is 1070. The molecule has 0 bridgehead atoms. The maximum Gasteiger partial charge on any atom is 0.206 e. The fourth-order valence-electron chi connectivity index (χ4n) is 3.96. The lowest BCUT2D eigenvalue weighted by atomic mass is 10.0. The van der Waals surface area contributed by atoms with E-state index in [2.05, 4.69) is 46.3 Å². The van der Waals surface area contributed by atoms with Gasteiger partial charge in [-0.2, -0.15) is 0 Å². The van der Waals surface area contributed by atoms with Gasteiger partial charge in [0.15, 0.2) is 5.13 Å². The summed E-state index contributed by atoms with van der Waals surface area (Å²) < 4.78 is 5.21. The smallest absolute Gasteiger partial charge is 0.206 e. The molecule has 1 aliphatic heterocycles. The van der Waals surface area contributed by atoms with Crippen LogP contribution in [0.15, 0.2) is 48.5 Å². The first-order valence-corrected chi connectivity index (χ1v) is 11.5. The van der Waals surface area contributed by atoms with E-state index in [0.717, 1.165) is 18.8 Å². The molecule has 2 heterocycles. The Morgan fingerprint density at radius 1 is 1.19 bits per heavy atom. The predicted molar refractivity (Wildman–Crippen MR) is 132 cm³/mol. The molecule has 7 nitrogen and oxygen atoms in total. The zero-order valence-electron chi connectivity index (χ0n) is 18.7. The highest BCUT2D eigenvalue weighted by Crippen LogP contribution is 2.31. The van der Waals surface area contributed by atoms with Crippen molar-refractivity contribution in [2.75, 3.05) is 50.2 Å². The highest BCUT2D eigenvalue weighted by molar-refractivity contribution is 7.18. The molecule has 0 aliphatic carbocycles. The zero-order valence-corrected chi connectivity index (χ0v) is 19.5. The van der Waals surface area contributed by atoms with E-state index in [-0.39, 0.29) is 11.6 Å². The number of carbonyl (C=O) groups excluding carboxylic acids is 1. The van der Waals surface area contributed by atoms with Crippen LogP contribution in [0, 0.1) is 0 Å². The molecular formula is C24H29N5O2S. The quantitative estimate of drug-likeness (QED) is 0.520. The van der Waals surface area contributed by atoms with Gasteiger partial charge in [-0.25, -0.2) is 4.98 Å². The number of carbonyl (C=O) groups is 1. The fraction of sp³-hybridized carbons (Fsp3) is 0.333. The van der Waals surface area contributed by atoms with Gasteiger partial charge in [-0.15, -0.1) is 0 Å². The third-order valence-corrected chi connectivity index (χ3v) is 6.86. The first-order valence-electron chi connectivity index (χ1n) is 10.7. The molecule has 1 aromatic heterocycles. The summed E-state index contributed by atoms with van der Waals surface area (Å²) in [4.78, 5) is 22.4. The number of ether oxygens (including phenoxy) is 1. The van der Waals surface area contributed by atoms with Crippen LogP contribution in [0.3, 0.4) is 0 Å². The van der Waals surface area contributed by atoms with Gasteiger partial charge < -0.3 is 25.6 Å². The number of nitrogens with two attached hydrogens (primary N) is 1. The Hall–Kier alpha value is -3.10. The lowest BCUT2D eigenvalue weighted by Crippen LogP contribution is -2.41. The Morgan fingerprint density at radius 3 is 2.56 bits per heavy atom. The first-order chi connectivity index (χ1) is 15.4. The fourth-order valence-corrected chi connectivity index (χ4v) is 4.83. The van der Waals surface area contributed by atoms with Crippen LogP contribution in [0.1, 0.15) is 28.1 Å². The number of hydrogen-bond acceptors (Lipinski definition) is 8. The van der Waals surface area contributed by atoms with Crippen LogP contribution in [0.2, 0.25) is 0 Å². The molecule has 0 unspecified atom stereocenters. The van der Waals surface area contributed by atoms with Crippen LogP contribution in [0.4, 0.5) is 22.3 Å². The molecule has 1 fully saturated rings. The molecular weight excluding hydrogens is 422 g/mol. The van der Waals surface area contributed by atoms with Crippen LogP contribution in [-0.2, 0) is 0 Å². The molecule has 3 N–H and O–H groups in total. The van der Waals surface area contributed by atoms with Crippen molar-refractivity contribution in [1.82, 2.24) is 9.88 Å². The molecule has 0 saturated carbocycles. The second-order valence-corrected chi connectivity index (χ2v) is 9.15. The molecule has 3 aromatic rings. The van der Waals surface area contributed by atoms with Gasteiger partial charge in [-0.05, 0) is 63.3 Å². The average molecular weight is 452 g/mol. The van der Waals surface area contributed by atoms with E-state index in [1.54, 1.807) is 31.4 Å². The molecule has 8 heteroatoms.